The van der Waals surface area contributed by atoms with Crippen LogP contribution in [0.2, 0.25) is 0 Å². The molecule has 0 saturated heterocycles. The van der Waals surface area contributed by atoms with Crippen molar-refractivity contribution in [2.75, 3.05) is 6.26 Å². The third kappa shape index (κ3) is 2.95. The highest BCUT2D eigenvalue weighted by Gasteiger charge is 2.19. The number of aromatic nitrogens is 2. The molecule has 4 rings (SSSR count). The minimum Gasteiger partial charge on any atom is -0.294 e. The Labute approximate surface area is 154 Å². The maximum absolute atomic E-state index is 12.7. The smallest absolute Gasteiger partial charge is 0.291 e. The highest BCUT2D eigenvalue weighted by Crippen LogP contribution is 2.26. The van der Waals surface area contributed by atoms with Crippen LogP contribution in [0.25, 0.3) is 16.4 Å². The summed E-state index contributed by atoms with van der Waals surface area (Å²) in [6.07, 6.45) is 5.41. The molecule has 5 nitrogen and oxygen atoms in total. The molecular weight excluding hydrogens is 344 g/mol. The van der Waals surface area contributed by atoms with Crippen molar-refractivity contribution in [3.63, 3.8) is 0 Å². The molecule has 128 valence electrons. The SMILES string of the molecule is CSc1nc2c3ccccc3ccn2c1C(=O)N/N=C/c1ccccc1. The summed E-state index contributed by atoms with van der Waals surface area (Å²) in [7, 11) is 0. The van der Waals surface area contributed by atoms with Gasteiger partial charge in [-0.1, -0.05) is 54.6 Å². The van der Waals surface area contributed by atoms with Crippen LogP contribution in [0.1, 0.15) is 16.1 Å². The number of nitrogens with one attached hydrogen (secondary N) is 1. The Morgan fingerprint density at radius 2 is 1.88 bits per heavy atom. The quantitative estimate of drug-likeness (QED) is 0.340. The van der Waals surface area contributed by atoms with Gasteiger partial charge in [0.25, 0.3) is 5.91 Å². The molecule has 0 aliphatic carbocycles. The molecule has 26 heavy (non-hydrogen) atoms. The van der Waals surface area contributed by atoms with Crippen LogP contribution in [0.3, 0.4) is 0 Å². The molecule has 1 amide bonds. The zero-order valence-corrected chi connectivity index (χ0v) is 14.9. The van der Waals surface area contributed by atoms with Crippen molar-refractivity contribution in [1.29, 1.82) is 0 Å². The number of benzene rings is 2. The standard InChI is InChI=1S/C20H16N4OS/c1-26-20-17(19(25)23-21-13-14-7-3-2-4-8-14)24-12-11-15-9-5-6-10-16(15)18(24)22-20/h2-13H,1H3,(H,23,25)/b21-13+. The van der Waals surface area contributed by atoms with E-state index in [0.717, 1.165) is 22.0 Å². The van der Waals surface area contributed by atoms with Crippen molar-refractivity contribution in [2.24, 2.45) is 5.10 Å². The van der Waals surface area contributed by atoms with E-state index in [1.54, 1.807) is 6.21 Å². The Hall–Kier alpha value is -3.12. The van der Waals surface area contributed by atoms with E-state index in [1.807, 2.05) is 77.5 Å². The molecular formula is C20H16N4OS. The van der Waals surface area contributed by atoms with Gasteiger partial charge in [-0.25, -0.2) is 10.4 Å². The molecule has 0 saturated carbocycles. The Bertz CT molecular complexity index is 1120. The monoisotopic (exact) mass is 360 g/mol. The minimum atomic E-state index is -0.288. The molecule has 6 heteroatoms. The van der Waals surface area contributed by atoms with Gasteiger partial charge in [0.1, 0.15) is 16.4 Å². The number of hydrazone groups is 1. The van der Waals surface area contributed by atoms with Gasteiger partial charge >= 0.3 is 0 Å². The summed E-state index contributed by atoms with van der Waals surface area (Å²) in [5.41, 5.74) is 4.78. The van der Waals surface area contributed by atoms with Crippen molar-refractivity contribution in [3.8, 4) is 0 Å². The molecule has 0 unspecified atom stereocenters. The average molecular weight is 360 g/mol. The zero-order valence-electron chi connectivity index (χ0n) is 14.1. The average Bonchev–Trinajstić information content (AvgIpc) is 3.08. The summed E-state index contributed by atoms with van der Waals surface area (Å²) < 4.78 is 1.82. The van der Waals surface area contributed by atoms with E-state index in [2.05, 4.69) is 15.5 Å². The summed E-state index contributed by atoms with van der Waals surface area (Å²) in [4.78, 5) is 17.4. The number of carbonyl (C=O) groups excluding carboxylic acids is 1. The van der Waals surface area contributed by atoms with Crippen molar-refractivity contribution < 1.29 is 4.79 Å². The number of carbonyl (C=O) groups is 1. The first-order valence-corrected chi connectivity index (χ1v) is 9.32. The molecule has 4 aromatic rings. The lowest BCUT2D eigenvalue weighted by Gasteiger charge is -2.04. The van der Waals surface area contributed by atoms with Gasteiger partial charge in [-0.2, -0.15) is 5.10 Å². The summed E-state index contributed by atoms with van der Waals surface area (Å²) in [6, 6.07) is 19.6. The molecule has 2 heterocycles. The first-order valence-electron chi connectivity index (χ1n) is 8.10. The molecule has 1 N–H and O–H groups in total. The molecule has 0 aliphatic rings. The molecule has 0 fully saturated rings. The van der Waals surface area contributed by atoms with E-state index in [1.165, 1.54) is 11.8 Å². The molecule has 2 aromatic carbocycles. The van der Waals surface area contributed by atoms with Crippen LogP contribution in [0, 0.1) is 0 Å². The molecule has 2 aromatic heterocycles. The number of hydrogen-bond acceptors (Lipinski definition) is 4. The van der Waals surface area contributed by atoms with Gasteiger partial charge in [0.05, 0.1) is 6.21 Å². The first-order chi connectivity index (χ1) is 12.8. The lowest BCUT2D eigenvalue weighted by atomic mass is 10.2. The Kier molecular flexibility index (Phi) is 4.41. The van der Waals surface area contributed by atoms with Crippen molar-refractivity contribution in [3.05, 3.63) is 78.1 Å². The predicted molar refractivity (Wildman–Crippen MR) is 106 cm³/mol. The van der Waals surface area contributed by atoms with Gasteiger partial charge in [0.15, 0.2) is 0 Å². The van der Waals surface area contributed by atoms with E-state index in [0.29, 0.717) is 10.7 Å². The number of hydrogen-bond donors (Lipinski definition) is 1. The van der Waals surface area contributed by atoms with Crippen molar-refractivity contribution >= 4 is 40.3 Å². The lowest BCUT2D eigenvalue weighted by molar-refractivity contribution is 0.0946. The third-order valence-electron chi connectivity index (χ3n) is 4.07. The fourth-order valence-electron chi connectivity index (χ4n) is 2.85. The normalized spacial score (nSPS) is 11.4. The number of imidazole rings is 1. The van der Waals surface area contributed by atoms with E-state index in [9.17, 15) is 4.79 Å². The zero-order chi connectivity index (χ0) is 17.9. The number of pyridine rings is 1. The molecule has 0 atom stereocenters. The van der Waals surface area contributed by atoms with Crippen molar-refractivity contribution in [2.45, 2.75) is 5.03 Å². The summed E-state index contributed by atoms with van der Waals surface area (Å²) in [6.45, 7) is 0. The van der Waals surface area contributed by atoms with Crippen LogP contribution in [-0.2, 0) is 0 Å². The maximum Gasteiger partial charge on any atom is 0.291 e. The number of rotatable bonds is 4. The van der Waals surface area contributed by atoms with E-state index in [-0.39, 0.29) is 5.91 Å². The second kappa shape index (κ2) is 7.01. The number of nitrogens with zero attached hydrogens (tertiary/aromatic N) is 3. The molecule has 0 radical (unpaired) electrons. The highest BCUT2D eigenvalue weighted by atomic mass is 32.2. The summed E-state index contributed by atoms with van der Waals surface area (Å²) in [5, 5.41) is 6.84. The first kappa shape index (κ1) is 16.4. The van der Waals surface area contributed by atoms with E-state index in [4.69, 9.17) is 0 Å². The molecule has 0 aliphatic heterocycles. The van der Waals surface area contributed by atoms with Crippen LogP contribution in [0.4, 0.5) is 0 Å². The Balaban J connectivity index is 1.72. The van der Waals surface area contributed by atoms with Gasteiger partial charge in [0, 0.05) is 11.6 Å². The Morgan fingerprint density at radius 3 is 2.69 bits per heavy atom. The molecule has 0 bridgehead atoms. The van der Waals surface area contributed by atoms with E-state index < -0.39 is 0 Å². The van der Waals surface area contributed by atoms with Crippen LogP contribution in [0.5, 0.6) is 0 Å². The minimum absolute atomic E-state index is 0.288. The fraction of sp³-hybridized carbons (Fsp3) is 0.0500. The van der Waals surface area contributed by atoms with Crippen LogP contribution in [0.15, 0.2) is 77.0 Å². The largest absolute Gasteiger partial charge is 0.294 e. The topological polar surface area (TPSA) is 58.8 Å². The Morgan fingerprint density at radius 1 is 1.12 bits per heavy atom. The second-order valence-electron chi connectivity index (χ2n) is 5.68. The highest BCUT2D eigenvalue weighted by molar-refractivity contribution is 7.98. The third-order valence-corrected chi connectivity index (χ3v) is 4.74. The van der Waals surface area contributed by atoms with Crippen molar-refractivity contribution in [1.82, 2.24) is 14.8 Å². The van der Waals surface area contributed by atoms with Gasteiger partial charge in [0.2, 0.25) is 0 Å². The molecule has 0 spiro atoms. The van der Waals surface area contributed by atoms with Gasteiger partial charge < -0.3 is 0 Å². The van der Waals surface area contributed by atoms with Crippen LogP contribution < -0.4 is 5.43 Å². The van der Waals surface area contributed by atoms with E-state index >= 15 is 0 Å². The summed E-state index contributed by atoms with van der Waals surface area (Å²) >= 11 is 1.44. The number of fused-ring (bicyclic) bond motifs is 3. The van der Waals surface area contributed by atoms with Gasteiger partial charge in [-0.05, 0) is 23.3 Å². The van der Waals surface area contributed by atoms with Gasteiger partial charge in [-0.15, -0.1) is 11.8 Å². The number of amides is 1. The fourth-order valence-corrected chi connectivity index (χ4v) is 3.42. The predicted octanol–water partition coefficient (Wildman–Crippen LogP) is 3.97. The second-order valence-corrected chi connectivity index (χ2v) is 6.47. The summed E-state index contributed by atoms with van der Waals surface area (Å²) in [5.74, 6) is -0.288. The lowest BCUT2D eigenvalue weighted by Crippen LogP contribution is -2.20. The maximum atomic E-state index is 12.7. The van der Waals surface area contributed by atoms with Crippen LogP contribution >= 0.6 is 11.8 Å². The van der Waals surface area contributed by atoms with Gasteiger partial charge in [-0.3, -0.25) is 9.20 Å². The number of thioether (sulfide) groups is 1. The van der Waals surface area contributed by atoms with Crippen LogP contribution in [-0.4, -0.2) is 27.8 Å².